The van der Waals surface area contributed by atoms with Gasteiger partial charge in [0.1, 0.15) is 0 Å². The van der Waals surface area contributed by atoms with Gasteiger partial charge in [0.05, 0.1) is 10.2 Å². The minimum Gasteiger partial charge on any atom is -0.326 e. The quantitative estimate of drug-likeness (QED) is 0.847. The van der Waals surface area contributed by atoms with Crippen molar-refractivity contribution in [2.75, 3.05) is 5.32 Å². The Hall–Kier alpha value is -1.88. The molecule has 0 atom stereocenters. The predicted octanol–water partition coefficient (Wildman–Crippen LogP) is 2.21. The van der Waals surface area contributed by atoms with Gasteiger partial charge in [-0.1, -0.05) is 17.4 Å². The number of benzene rings is 1. The lowest BCUT2D eigenvalue weighted by molar-refractivity contribution is -0.114. The first kappa shape index (κ1) is 11.6. The zero-order valence-electron chi connectivity index (χ0n) is 9.40. The molecule has 2 aromatic rings. The number of carbonyl (C=O) groups excluding carboxylic acids is 1. The lowest BCUT2D eigenvalue weighted by Crippen LogP contribution is -2.11. The number of hydrogen-bond donors (Lipinski definition) is 1. The first-order valence-electron chi connectivity index (χ1n) is 5.13. The van der Waals surface area contributed by atoms with Crippen LogP contribution in [0, 0.1) is 0 Å². The van der Waals surface area contributed by atoms with E-state index in [0.29, 0.717) is 12.2 Å². The van der Waals surface area contributed by atoms with Crippen molar-refractivity contribution in [2.24, 2.45) is 0 Å². The molecule has 4 nitrogen and oxygen atoms in total. The Bertz CT molecular complexity index is 639. The van der Waals surface area contributed by atoms with E-state index >= 15 is 0 Å². The fourth-order valence-corrected chi connectivity index (χ4v) is 2.59. The van der Waals surface area contributed by atoms with E-state index in [1.165, 1.54) is 18.3 Å². The van der Waals surface area contributed by atoms with Crippen molar-refractivity contribution in [3.63, 3.8) is 0 Å². The van der Waals surface area contributed by atoms with Crippen molar-refractivity contribution in [1.29, 1.82) is 0 Å². The fraction of sp³-hybridized carbons (Fsp3) is 0.167. The molecule has 1 aromatic carbocycles. The van der Waals surface area contributed by atoms with Crippen molar-refractivity contribution in [1.82, 2.24) is 4.57 Å². The number of anilines is 1. The number of carbonyl (C=O) groups is 1. The van der Waals surface area contributed by atoms with E-state index < -0.39 is 0 Å². The van der Waals surface area contributed by atoms with Crippen molar-refractivity contribution >= 4 is 33.1 Å². The van der Waals surface area contributed by atoms with Crippen molar-refractivity contribution < 1.29 is 4.79 Å². The zero-order valence-corrected chi connectivity index (χ0v) is 10.2. The smallest absolute Gasteiger partial charge is 0.308 e. The number of allylic oxidation sites excluding steroid dienone is 1. The SMILES string of the molecule is C=CCn1c(=O)sc2cc(NC(C)=O)ccc21. The van der Waals surface area contributed by atoms with Gasteiger partial charge in [-0.15, -0.1) is 6.58 Å². The molecular weight excluding hydrogens is 236 g/mol. The van der Waals surface area contributed by atoms with Crippen molar-refractivity contribution in [3.05, 3.63) is 40.5 Å². The van der Waals surface area contributed by atoms with Crippen LogP contribution in [0.5, 0.6) is 0 Å². The number of nitrogens with one attached hydrogen (secondary N) is 1. The Balaban J connectivity index is 2.53. The molecule has 17 heavy (non-hydrogen) atoms. The number of nitrogens with zero attached hydrogens (tertiary/aromatic N) is 1. The molecule has 5 heteroatoms. The van der Waals surface area contributed by atoms with Crippen LogP contribution in [0.25, 0.3) is 10.2 Å². The highest BCUT2D eigenvalue weighted by Crippen LogP contribution is 2.21. The van der Waals surface area contributed by atoms with E-state index in [1.807, 2.05) is 12.1 Å². The van der Waals surface area contributed by atoms with Crippen LogP contribution in [0.1, 0.15) is 6.92 Å². The minimum absolute atomic E-state index is 0.0140. The summed E-state index contributed by atoms with van der Waals surface area (Å²) in [6.07, 6.45) is 1.69. The number of fused-ring (bicyclic) bond motifs is 1. The maximum atomic E-state index is 11.7. The second-order valence-corrected chi connectivity index (χ2v) is 4.62. The third kappa shape index (κ3) is 2.29. The zero-order chi connectivity index (χ0) is 12.4. The first-order valence-corrected chi connectivity index (χ1v) is 5.95. The average Bonchev–Trinajstić information content (AvgIpc) is 2.54. The highest BCUT2D eigenvalue weighted by molar-refractivity contribution is 7.16. The topological polar surface area (TPSA) is 51.1 Å². The molecule has 0 saturated carbocycles. The largest absolute Gasteiger partial charge is 0.326 e. The van der Waals surface area contributed by atoms with E-state index in [2.05, 4.69) is 11.9 Å². The molecule has 1 heterocycles. The molecule has 1 N–H and O–H groups in total. The van der Waals surface area contributed by atoms with Gasteiger partial charge < -0.3 is 5.32 Å². The van der Waals surface area contributed by atoms with E-state index in [0.717, 1.165) is 10.2 Å². The van der Waals surface area contributed by atoms with Crippen LogP contribution in [-0.2, 0) is 11.3 Å². The van der Waals surface area contributed by atoms with Gasteiger partial charge in [-0.05, 0) is 18.2 Å². The van der Waals surface area contributed by atoms with Gasteiger partial charge in [0, 0.05) is 19.2 Å². The van der Waals surface area contributed by atoms with Gasteiger partial charge in [0.25, 0.3) is 0 Å². The summed E-state index contributed by atoms with van der Waals surface area (Å²) >= 11 is 1.17. The van der Waals surface area contributed by atoms with Gasteiger partial charge >= 0.3 is 4.87 Å². The molecule has 88 valence electrons. The third-order valence-corrected chi connectivity index (χ3v) is 3.24. The van der Waals surface area contributed by atoms with Gasteiger partial charge in [-0.3, -0.25) is 14.2 Å². The number of hydrogen-bond acceptors (Lipinski definition) is 3. The Morgan fingerprint density at radius 1 is 1.59 bits per heavy atom. The highest BCUT2D eigenvalue weighted by atomic mass is 32.1. The molecule has 0 aliphatic rings. The van der Waals surface area contributed by atoms with E-state index in [4.69, 9.17) is 0 Å². The van der Waals surface area contributed by atoms with E-state index in [-0.39, 0.29) is 10.8 Å². The number of rotatable bonds is 3. The molecular formula is C12H12N2O2S. The summed E-state index contributed by atoms with van der Waals surface area (Å²) in [5, 5.41) is 2.69. The maximum absolute atomic E-state index is 11.7. The lowest BCUT2D eigenvalue weighted by atomic mass is 10.3. The summed E-state index contributed by atoms with van der Waals surface area (Å²) in [5.41, 5.74) is 1.58. The minimum atomic E-state index is -0.123. The van der Waals surface area contributed by atoms with Gasteiger partial charge in [0.15, 0.2) is 0 Å². The van der Waals surface area contributed by atoms with E-state index in [1.54, 1.807) is 16.7 Å². The molecule has 0 spiro atoms. The molecule has 1 aromatic heterocycles. The Labute approximate surface area is 102 Å². The van der Waals surface area contributed by atoms with Crippen LogP contribution in [-0.4, -0.2) is 10.5 Å². The van der Waals surface area contributed by atoms with Crippen LogP contribution in [0.15, 0.2) is 35.6 Å². The highest BCUT2D eigenvalue weighted by Gasteiger charge is 2.07. The summed E-state index contributed by atoms with van der Waals surface area (Å²) in [6.45, 7) is 5.58. The summed E-state index contributed by atoms with van der Waals surface area (Å²) < 4.78 is 2.52. The van der Waals surface area contributed by atoms with Crippen molar-refractivity contribution in [2.45, 2.75) is 13.5 Å². The molecule has 0 aliphatic carbocycles. The maximum Gasteiger partial charge on any atom is 0.308 e. The molecule has 0 saturated heterocycles. The molecule has 0 radical (unpaired) electrons. The van der Waals surface area contributed by atoms with Crippen LogP contribution in [0.2, 0.25) is 0 Å². The van der Waals surface area contributed by atoms with Crippen LogP contribution in [0.4, 0.5) is 5.69 Å². The second-order valence-electron chi connectivity index (χ2n) is 3.63. The summed E-state index contributed by atoms with van der Waals surface area (Å²) in [7, 11) is 0. The van der Waals surface area contributed by atoms with Crippen LogP contribution >= 0.6 is 11.3 Å². The lowest BCUT2D eigenvalue weighted by Gasteiger charge is -2.02. The van der Waals surface area contributed by atoms with Crippen LogP contribution < -0.4 is 10.2 Å². The Morgan fingerprint density at radius 3 is 3.00 bits per heavy atom. The van der Waals surface area contributed by atoms with Gasteiger partial charge in [0.2, 0.25) is 5.91 Å². The molecule has 0 unspecified atom stereocenters. The number of thiazole rings is 1. The molecule has 0 bridgehead atoms. The van der Waals surface area contributed by atoms with Crippen LogP contribution in [0.3, 0.4) is 0 Å². The Kier molecular flexibility index (Phi) is 3.10. The number of aromatic nitrogens is 1. The molecule has 1 amide bonds. The Morgan fingerprint density at radius 2 is 2.35 bits per heavy atom. The summed E-state index contributed by atoms with van der Waals surface area (Å²) in [6, 6.07) is 5.43. The normalized spacial score (nSPS) is 10.4. The average molecular weight is 248 g/mol. The predicted molar refractivity (Wildman–Crippen MR) is 70.6 cm³/mol. The molecule has 0 aliphatic heterocycles. The van der Waals surface area contributed by atoms with Crippen molar-refractivity contribution in [3.8, 4) is 0 Å². The fourth-order valence-electron chi connectivity index (χ4n) is 1.65. The first-order chi connectivity index (χ1) is 8.11. The molecule has 2 rings (SSSR count). The third-order valence-electron chi connectivity index (χ3n) is 2.30. The summed E-state index contributed by atoms with van der Waals surface area (Å²) in [4.78, 5) is 22.6. The number of amides is 1. The summed E-state index contributed by atoms with van der Waals surface area (Å²) in [5.74, 6) is -0.123. The second kappa shape index (κ2) is 4.55. The van der Waals surface area contributed by atoms with Gasteiger partial charge in [-0.2, -0.15) is 0 Å². The van der Waals surface area contributed by atoms with E-state index in [9.17, 15) is 9.59 Å². The standard InChI is InChI=1S/C12H12N2O2S/c1-3-6-14-10-5-4-9(13-8(2)15)7-11(10)17-12(14)16/h3-5,7H,1,6H2,2H3,(H,13,15). The monoisotopic (exact) mass is 248 g/mol. The molecule has 0 fully saturated rings. The van der Waals surface area contributed by atoms with Gasteiger partial charge in [-0.25, -0.2) is 0 Å².